The summed E-state index contributed by atoms with van der Waals surface area (Å²) in [6.45, 7) is 4.78. The van der Waals surface area contributed by atoms with E-state index in [1.165, 1.54) is 105 Å². The lowest BCUT2D eigenvalue weighted by molar-refractivity contribution is 0.755. The van der Waals surface area contributed by atoms with Gasteiger partial charge in [0.15, 0.2) is 0 Å². The molecule has 1 aliphatic carbocycles. The van der Waals surface area contributed by atoms with Gasteiger partial charge in [-0.15, -0.1) is 0 Å². The minimum absolute atomic E-state index is 0.285. The highest BCUT2D eigenvalue weighted by molar-refractivity contribution is 6.11. The van der Waals surface area contributed by atoms with Crippen LogP contribution in [0.4, 0.5) is 0 Å². The Balaban J connectivity index is 1.08. The fraction of sp³-hybridized carbons (Fsp3) is 0.0909. The number of rotatable bonds is 8. The molecule has 0 fully saturated rings. The Labute approximate surface area is 399 Å². The van der Waals surface area contributed by atoms with Crippen molar-refractivity contribution in [3.63, 3.8) is 0 Å². The van der Waals surface area contributed by atoms with E-state index < -0.39 is 0 Å². The Bertz CT molecular complexity index is 3510. The van der Waals surface area contributed by atoms with E-state index in [-0.39, 0.29) is 5.92 Å². The molecule has 326 valence electrons. The molecule has 9 aromatic carbocycles. The van der Waals surface area contributed by atoms with Crippen LogP contribution in [0.15, 0.2) is 242 Å². The number of aromatic nitrogens is 2. The van der Waals surface area contributed by atoms with Gasteiger partial charge in [-0.1, -0.05) is 214 Å². The first-order chi connectivity index (χ1) is 33.6. The quantitative estimate of drug-likeness (QED) is 0.144. The van der Waals surface area contributed by atoms with E-state index >= 15 is 0 Å². The van der Waals surface area contributed by atoms with Crippen LogP contribution >= 0.6 is 0 Å². The van der Waals surface area contributed by atoms with Crippen molar-refractivity contribution in [1.82, 2.24) is 9.13 Å². The number of hydrogen-bond donors (Lipinski definition) is 0. The molecule has 0 radical (unpaired) electrons. The minimum atomic E-state index is 0.285. The molecule has 0 saturated heterocycles. The summed E-state index contributed by atoms with van der Waals surface area (Å²) in [7, 11) is 0. The minimum Gasteiger partial charge on any atom is -0.309 e. The van der Waals surface area contributed by atoms with Gasteiger partial charge >= 0.3 is 0 Å². The molecule has 12 rings (SSSR count). The highest BCUT2D eigenvalue weighted by Crippen LogP contribution is 2.42. The van der Waals surface area contributed by atoms with Gasteiger partial charge in [-0.05, 0) is 123 Å². The van der Waals surface area contributed by atoms with E-state index in [0.717, 1.165) is 30.6 Å². The average Bonchev–Trinajstić information content (AvgIpc) is 3.94. The lowest BCUT2D eigenvalue weighted by atomic mass is 9.83. The molecule has 68 heavy (non-hydrogen) atoms. The van der Waals surface area contributed by atoms with Crippen LogP contribution < -0.4 is 0 Å². The molecule has 1 aliphatic rings. The molecule has 11 aromatic rings. The van der Waals surface area contributed by atoms with Crippen molar-refractivity contribution >= 4 is 60.3 Å². The number of hydrogen-bond acceptors (Lipinski definition) is 0. The van der Waals surface area contributed by atoms with E-state index in [1.54, 1.807) is 0 Å². The first-order valence-electron chi connectivity index (χ1n) is 24.2. The molecule has 2 heterocycles. The average molecular weight is 873 g/mol. The van der Waals surface area contributed by atoms with Crippen LogP contribution in [0.5, 0.6) is 0 Å². The lowest BCUT2D eigenvalue weighted by Crippen LogP contribution is -2.03. The van der Waals surface area contributed by atoms with Gasteiger partial charge < -0.3 is 9.13 Å². The third-order valence-electron chi connectivity index (χ3n) is 14.3. The zero-order valence-electron chi connectivity index (χ0n) is 38.6. The molecule has 0 aliphatic heterocycles. The van der Waals surface area contributed by atoms with Gasteiger partial charge in [-0.2, -0.15) is 0 Å². The van der Waals surface area contributed by atoms with Crippen molar-refractivity contribution in [2.75, 3.05) is 0 Å². The highest BCUT2D eigenvalue weighted by atomic mass is 15.0. The zero-order chi connectivity index (χ0) is 45.6. The monoisotopic (exact) mass is 872 g/mol. The topological polar surface area (TPSA) is 9.86 Å². The van der Waals surface area contributed by atoms with Gasteiger partial charge in [0.1, 0.15) is 0 Å². The lowest BCUT2D eigenvalue weighted by Gasteiger charge is -2.21. The summed E-state index contributed by atoms with van der Waals surface area (Å²) in [4.78, 5) is 0. The van der Waals surface area contributed by atoms with Crippen molar-refractivity contribution in [3.05, 3.63) is 259 Å². The third-order valence-corrected chi connectivity index (χ3v) is 14.3. The maximum absolute atomic E-state index is 2.53. The smallest absolute Gasteiger partial charge is 0.0541 e. The van der Waals surface area contributed by atoms with Crippen molar-refractivity contribution in [2.24, 2.45) is 5.92 Å². The Morgan fingerprint density at radius 2 is 0.779 bits per heavy atom. The summed E-state index contributed by atoms with van der Waals surface area (Å²) in [5.41, 5.74) is 21.3. The second-order valence-electron chi connectivity index (χ2n) is 18.4. The Morgan fingerprint density at radius 3 is 1.22 bits per heavy atom. The molecular formula is C66H52N2. The largest absolute Gasteiger partial charge is 0.309 e. The molecule has 2 nitrogen and oxygen atoms in total. The third kappa shape index (κ3) is 7.39. The fourth-order valence-corrected chi connectivity index (χ4v) is 11.0. The number of benzene rings is 9. The second-order valence-corrected chi connectivity index (χ2v) is 18.4. The summed E-state index contributed by atoms with van der Waals surface area (Å²) in [5, 5.41) is 5.02. The van der Waals surface area contributed by atoms with Crippen LogP contribution in [-0.2, 0) is 0 Å². The molecule has 2 heteroatoms. The second kappa shape index (κ2) is 17.5. The molecular weight excluding hydrogens is 821 g/mol. The number of fused-ring (bicyclic) bond motifs is 6. The first kappa shape index (κ1) is 41.2. The summed E-state index contributed by atoms with van der Waals surface area (Å²) >= 11 is 0. The van der Waals surface area contributed by atoms with Gasteiger partial charge in [0, 0.05) is 32.9 Å². The number of nitrogens with zero attached hydrogens (tertiary/aromatic N) is 2. The van der Waals surface area contributed by atoms with Crippen molar-refractivity contribution < 1.29 is 0 Å². The maximum atomic E-state index is 2.53. The molecule has 0 amide bonds. The molecule has 1 unspecified atom stereocenters. The molecule has 0 bridgehead atoms. The normalized spacial score (nSPS) is 17.1. The van der Waals surface area contributed by atoms with Crippen LogP contribution in [-0.4, -0.2) is 9.13 Å². The number of para-hydroxylation sites is 4. The van der Waals surface area contributed by atoms with Crippen molar-refractivity contribution in [3.8, 4) is 33.6 Å². The summed E-state index contributed by atoms with van der Waals surface area (Å²) < 4.78 is 4.95. The number of allylic oxidation sites excluding steroid dienone is 6. The van der Waals surface area contributed by atoms with E-state index in [2.05, 4.69) is 260 Å². The van der Waals surface area contributed by atoms with E-state index in [0.29, 0.717) is 0 Å². The Morgan fingerprint density at radius 1 is 0.397 bits per heavy atom. The van der Waals surface area contributed by atoms with E-state index in [9.17, 15) is 0 Å². The summed E-state index contributed by atoms with van der Waals surface area (Å²) in [5.74, 6) is 0.285. The Kier molecular flexibility index (Phi) is 10.6. The van der Waals surface area contributed by atoms with Crippen LogP contribution in [0.1, 0.15) is 49.8 Å². The van der Waals surface area contributed by atoms with Gasteiger partial charge in [-0.3, -0.25) is 0 Å². The molecule has 0 N–H and O–H groups in total. The van der Waals surface area contributed by atoms with E-state index in [1.807, 2.05) is 0 Å². The molecule has 2 aromatic heterocycles. The van der Waals surface area contributed by atoms with Crippen LogP contribution in [0.3, 0.4) is 0 Å². The van der Waals surface area contributed by atoms with Gasteiger partial charge in [0.25, 0.3) is 0 Å². The van der Waals surface area contributed by atoms with Gasteiger partial charge in [0.2, 0.25) is 0 Å². The predicted octanol–water partition coefficient (Wildman–Crippen LogP) is 18.0. The van der Waals surface area contributed by atoms with E-state index in [4.69, 9.17) is 0 Å². The van der Waals surface area contributed by atoms with Crippen LogP contribution in [0.25, 0.3) is 94.0 Å². The summed E-state index contributed by atoms with van der Waals surface area (Å²) in [6.07, 6.45) is 7.76. The van der Waals surface area contributed by atoms with Crippen LogP contribution in [0, 0.1) is 5.92 Å². The van der Waals surface area contributed by atoms with Crippen molar-refractivity contribution in [2.45, 2.75) is 33.1 Å². The SMILES string of the molecule is CC/C1=C(\c2ccc(-c3ccccc3)cc2)C(C)C/C=C(c2cc(-n3c4ccccc4c4ccccc43)cc(-n3c4ccccc4c4ccccc43)c2)/C=C(/c2ccc(-c3ccccc3)cc2)C1. The molecule has 1 atom stereocenters. The van der Waals surface area contributed by atoms with Crippen LogP contribution in [0.2, 0.25) is 0 Å². The zero-order valence-corrected chi connectivity index (χ0v) is 38.6. The van der Waals surface area contributed by atoms with Gasteiger partial charge in [0.05, 0.1) is 22.1 Å². The predicted molar refractivity (Wildman–Crippen MR) is 290 cm³/mol. The summed E-state index contributed by atoms with van der Waals surface area (Å²) in [6, 6.07) is 82.8. The maximum Gasteiger partial charge on any atom is 0.0541 e. The van der Waals surface area contributed by atoms with Crippen molar-refractivity contribution in [1.29, 1.82) is 0 Å². The fourth-order valence-electron chi connectivity index (χ4n) is 11.0. The first-order valence-corrected chi connectivity index (χ1v) is 24.2. The molecule has 0 spiro atoms. The standard InChI is InChI=1S/C66H52N2/c1-3-46-40-54(51-34-32-49(33-35-51)47-18-6-4-7-19-47)41-53(31-30-45(2)66(46)52-38-36-50(37-39-52)48-20-8-5-9-21-48)55-42-56(67-62-26-14-10-22-58(62)59-23-11-15-27-63(59)67)44-57(43-55)68-64-28-16-12-24-60(64)61-25-13-17-29-65(61)68/h4-29,31-39,41-45H,3,30,40H2,1-2H3/b53-31-,54-41+,66-46+. The molecule has 0 saturated carbocycles. The highest BCUT2D eigenvalue weighted by Gasteiger charge is 2.22. The Hall–Kier alpha value is -8.20. The van der Waals surface area contributed by atoms with Gasteiger partial charge in [-0.25, -0.2) is 0 Å².